The van der Waals surface area contributed by atoms with E-state index in [4.69, 9.17) is 4.74 Å². The summed E-state index contributed by atoms with van der Waals surface area (Å²) in [6.45, 7) is 6.94. The number of aryl methyl sites for hydroxylation is 1. The summed E-state index contributed by atoms with van der Waals surface area (Å²) < 4.78 is 5.37. The molecule has 0 aliphatic carbocycles. The highest BCUT2D eigenvalue weighted by Gasteiger charge is 2.14. The van der Waals surface area contributed by atoms with E-state index in [2.05, 4.69) is 20.7 Å². The van der Waals surface area contributed by atoms with E-state index < -0.39 is 11.8 Å². The summed E-state index contributed by atoms with van der Waals surface area (Å²) in [6.07, 6.45) is 0. The molecule has 0 aromatic heterocycles. The quantitative estimate of drug-likeness (QED) is 0.484. The summed E-state index contributed by atoms with van der Waals surface area (Å²) >= 11 is 0. The lowest BCUT2D eigenvalue weighted by atomic mass is 10.1. The zero-order valence-electron chi connectivity index (χ0n) is 16.1. The number of hydrogen-bond donors (Lipinski definition) is 2. The predicted octanol–water partition coefficient (Wildman–Crippen LogP) is 2.31. The average Bonchev–Trinajstić information content (AvgIpc) is 2.74. The number of nitrogens with one attached hydrogen (secondary N) is 2. The van der Waals surface area contributed by atoms with Crippen LogP contribution in [-0.2, 0) is 14.3 Å². The molecular formula is C21H24N4O3. The lowest BCUT2D eigenvalue weighted by Gasteiger charge is -2.28. The molecule has 0 atom stereocenters. The maximum Gasteiger partial charge on any atom is 0.329 e. The van der Waals surface area contributed by atoms with Gasteiger partial charge in [0.2, 0.25) is 0 Å². The Hall–Kier alpha value is -3.19. The van der Waals surface area contributed by atoms with Crippen LogP contribution in [0.4, 0.5) is 11.4 Å². The van der Waals surface area contributed by atoms with E-state index in [0.717, 1.165) is 43.1 Å². The van der Waals surface area contributed by atoms with Gasteiger partial charge < -0.3 is 15.0 Å². The molecule has 0 unspecified atom stereocenters. The number of ether oxygens (including phenoxy) is 1. The second-order valence-corrected chi connectivity index (χ2v) is 6.60. The fourth-order valence-corrected chi connectivity index (χ4v) is 2.81. The molecule has 2 amide bonds. The molecule has 7 nitrogen and oxygen atoms in total. The van der Waals surface area contributed by atoms with Gasteiger partial charge in [-0.05, 0) is 43.7 Å². The van der Waals surface area contributed by atoms with Crippen molar-refractivity contribution in [2.24, 2.45) is 5.10 Å². The molecule has 0 bridgehead atoms. The van der Waals surface area contributed by atoms with Crippen LogP contribution in [0.2, 0.25) is 0 Å². The van der Waals surface area contributed by atoms with Crippen LogP contribution >= 0.6 is 0 Å². The number of benzene rings is 2. The topological polar surface area (TPSA) is 83.0 Å². The second-order valence-electron chi connectivity index (χ2n) is 6.60. The van der Waals surface area contributed by atoms with E-state index >= 15 is 0 Å². The molecule has 2 aromatic rings. The van der Waals surface area contributed by atoms with Gasteiger partial charge in [-0.1, -0.05) is 29.8 Å². The van der Waals surface area contributed by atoms with Crippen molar-refractivity contribution in [3.05, 3.63) is 59.7 Å². The lowest BCUT2D eigenvalue weighted by molar-refractivity contribution is -0.136. The summed E-state index contributed by atoms with van der Waals surface area (Å²) in [4.78, 5) is 26.2. The van der Waals surface area contributed by atoms with Crippen LogP contribution in [0.15, 0.2) is 53.6 Å². The summed E-state index contributed by atoms with van der Waals surface area (Å²) in [7, 11) is 0. The van der Waals surface area contributed by atoms with Crippen LogP contribution in [0, 0.1) is 6.92 Å². The molecular weight excluding hydrogens is 356 g/mol. The third-order valence-corrected chi connectivity index (χ3v) is 4.50. The first kappa shape index (κ1) is 19.6. The van der Waals surface area contributed by atoms with Crippen molar-refractivity contribution in [2.75, 3.05) is 36.5 Å². The van der Waals surface area contributed by atoms with E-state index in [9.17, 15) is 9.59 Å². The first-order valence-electron chi connectivity index (χ1n) is 9.18. The fraction of sp³-hybridized carbons (Fsp3) is 0.286. The van der Waals surface area contributed by atoms with E-state index in [-0.39, 0.29) is 0 Å². The van der Waals surface area contributed by atoms with Crippen LogP contribution in [0.25, 0.3) is 0 Å². The maximum absolute atomic E-state index is 12.0. The van der Waals surface area contributed by atoms with Gasteiger partial charge in [-0.2, -0.15) is 5.10 Å². The number of amides is 2. The van der Waals surface area contributed by atoms with Crippen molar-refractivity contribution in [3.8, 4) is 0 Å². The molecule has 1 heterocycles. The number of hydrogen-bond acceptors (Lipinski definition) is 5. The molecule has 1 fully saturated rings. The summed E-state index contributed by atoms with van der Waals surface area (Å²) in [5.74, 6) is -1.58. The Morgan fingerprint density at radius 3 is 2.25 bits per heavy atom. The minimum atomic E-state index is -0.815. The third kappa shape index (κ3) is 5.17. The Morgan fingerprint density at radius 1 is 0.964 bits per heavy atom. The summed E-state index contributed by atoms with van der Waals surface area (Å²) in [6, 6.07) is 15.1. The smallest absolute Gasteiger partial charge is 0.329 e. The van der Waals surface area contributed by atoms with E-state index in [1.54, 1.807) is 19.1 Å². The highest BCUT2D eigenvalue weighted by atomic mass is 16.5. The van der Waals surface area contributed by atoms with Gasteiger partial charge in [-0.15, -0.1) is 0 Å². The molecule has 7 heteroatoms. The molecule has 0 spiro atoms. The van der Waals surface area contributed by atoms with Gasteiger partial charge in [-0.3, -0.25) is 9.59 Å². The Balaban J connectivity index is 1.56. The summed E-state index contributed by atoms with van der Waals surface area (Å²) in [5.41, 5.74) is 6.55. The molecule has 2 N–H and O–H groups in total. The highest BCUT2D eigenvalue weighted by molar-refractivity contribution is 6.39. The highest BCUT2D eigenvalue weighted by Crippen LogP contribution is 2.17. The number of anilines is 2. The second kappa shape index (κ2) is 9.14. The standard InChI is InChI=1S/C21H24N4O3/c1-15-3-7-18(8-4-15)22-20(26)21(27)24-23-16(2)17-5-9-19(10-6-17)25-11-13-28-14-12-25/h3-10H,11-14H2,1-2H3,(H,22,26)(H,24,27)/b23-16-. The Bertz CT molecular complexity index is 854. The van der Waals surface area contributed by atoms with Gasteiger partial charge in [-0.25, -0.2) is 5.43 Å². The zero-order valence-corrected chi connectivity index (χ0v) is 16.1. The Morgan fingerprint density at radius 2 is 1.61 bits per heavy atom. The van der Waals surface area contributed by atoms with Gasteiger partial charge in [0, 0.05) is 24.5 Å². The molecule has 146 valence electrons. The number of carbonyl (C=O) groups excluding carboxylic acids is 2. The Labute approximate surface area is 164 Å². The van der Waals surface area contributed by atoms with Crippen LogP contribution in [0.5, 0.6) is 0 Å². The van der Waals surface area contributed by atoms with Crippen molar-refractivity contribution >= 4 is 28.9 Å². The molecule has 1 aliphatic heterocycles. The first-order valence-corrected chi connectivity index (χ1v) is 9.18. The third-order valence-electron chi connectivity index (χ3n) is 4.50. The van der Waals surface area contributed by atoms with Crippen LogP contribution in [0.3, 0.4) is 0 Å². The minimum absolute atomic E-state index is 0.560. The number of morpholine rings is 1. The lowest BCUT2D eigenvalue weighted by Crippen LogP contribution is -2.36. The Kier molecular flexibility index (Phi) is 6.39. The number of hydrazone groups is 1. The molecule has 2 aromatic carbocycles. The van der Waals surface area contributed by atoms with Crippen molar-refractivity contribution in [1.82, 2.24) is 5.43 Å². The normalized spacial score (nSPS) is 14.5. The van der Waals surface area contributed by atoms with Crippen molar-refractivity contribution in [2.45, 2.75) is 13.8 Å². The maximum atomic E-state index is 12.0. The van der Waals surface area contributed by atoms with Crippen LogP contribution < -0.4 is 15.6 Å². The minimum Gasteiger partial charge on any atom is -0.378 e. The van der Waals surface area contributed by atoms with Gasteiger partial charge in [0.25, 0.3) is 0 Å². The van der Waals surface area contributed by atoms with Crippen LogP contribution in [0.1, 0.15) is 18.1 Å². The van der Waals surface area contributed by atoms with Gasteiger partial charge in [0.15, 0.2) is 0 Å². The average molecular weight is 380 g/mol. The first-order chi connectivity index (χ1) is 13.5. The van der Waals surface area contributed by atoms with E-state index in [1.165, 1.54) is 0 Å². The molecule has 28 heavy (non-hydrogen) atoms. The predicted molar refractivity (Wildman–Crippen MR) is 110 cm³/mol. The van der Waals surface area contributed by atoms with Crippen LogP contribution in [-0.4, -0.2) is 43.8 Å². The number of carbonyl (C=O) groups is 2. The van der Waals surface area contributed by atoms with Crippen molar-refractivity contribution < 1.29 is 14.3 Å². The van der Waals surface area contributed by atoms with Crippen molar-refractivity contribution in [3.63, 3.8) is 0 Å². The van der Waals surface area contributed by atoms with Gasteiger partial charge in [0.05, 0.1) is 18.9 Å². The fourth-order valence-electron chi connectivity index (χ4n) is 2.81. The zero-order chi connectivity index (χ0) is 19.9. The van der Waals surface area contributed by atoms with Gasteiger partial charge >= 0.3 is 11.8 Å². The SMILES string of the molecule is C/C(=N/NC(=O)C(=O)Nc1ccc(C)cc1)c1ccc(N2CCOCC2)cc1. The molecule has 0 saturated carbocycles. The van der Waals surface area contributed by atoms with Gasteiger partial charge in [0.1, 0.15) is 0 Å². The van der Waals surface area contributed by atoms with E-state index in [0.29, 0.717) is 11.4 Å². The molecule has 1 saturated heterocycles. The molecule has 3 rings (SSSR count). The summed E-state index contributed by atoms with van der Waals surface area (Å²) in [5, 5.41) is 6.58. The molecule has 0 radical (unpaired) electrons. The monoisotopic (exact) mass is 380 g/mol. The number of nitrogens with zero attached hydrogens (tertiary/aromatic N) is 2. The van der Waals surface area contributed by atoms with Crippen molar-refractivity contribution in [1.29, 1.82) is 0 Å². The largest absolute Gasteiger partial charge is 0.378 e. The number of rotatable bonds is 4. The van der Waals surface area contributed by atoms with E-state index in [1.807, 2.05) is 43.3 Å². The molecule has 1 aliphatic rings.